The Labute approximate surface area is 117 Å². The zero-order chi connectivity index (χ0) is 13.1. The summed E-state index contributed by atoms with van der Waals surface area (Å²) in [5, 5.41) is 0. The molecule has 3 nitrogen and oxygen atoms in total. The summed E-state index contributed by atoms with van der Waals surface area (Å²) < 4.78 is 0.673. The number of thioether (sulfide) groups is 1. The number of carbonyl (C=O) groups excluding carboxylic acids is 1. The van der Waals surface area contributed by atoms with E-state index in [9.17, 15) is 4.79 Å². The molecule has 0 bridgehead atoms. The molecule has 2 aliphatic heterocycles. The van der Waals surface area contributed by atoms with Crippen molar-refractivity contribution in [3.8, 4) is 0 Å². The van der Waals surface area contributed by atoms with Crippen molar-refractivity contribution in [1.29, 1.82) is 0 Å². The molecule has 1 amide bonds. The summed E-state index contributed by atoms with van der Waals surface area (Å²) in [6.45, 7) is 2.83. The Bertz CT molecular complexity index is 466. The number of hydrogen-bond donors (Lipinski definition) is 0. The van der Waals surface area contributed by atoms with E-state index in [2.05, 4.69) is 6.92 Å². The Morgan fingerprint density at radius 2 is 2.17 bits per heavy atom. The molecular formula is C13H16N2OS2. The minimum atomic E-state index is 0.0419. The number of hydrogen-bond acceptors (Lipinski definition) is 4. The van der Waals surface area contributed by atoms with Crippen LogP contribution in [-0.4, -0.2) is 33.6 Å². The Morgan fingerprint density at radius 3 is 2.83 bits per heavy atom. The number of rotatable bonds is 3. The lowest BCUT2D eigenvalue weighted by Crippen LogP contribution is -2.29. The molecule has 2 heterocycles. The molecule has 96 valence electrons. The van der Waals surface area contributed by atoms with Gasteiger partial charge in [0.15, 0.2) is 0 Å². The molecule has 18 heavy (non-hydrogen) atoms. The maximum Gasteiger partial charge on any atom is 0.268 e. The van der Waals surface area contributed by atoms with Crippen LogP contribution in [0.3, 0.4) is 0 Å². The second-order valence-electron chi connectivity index (χ2n) is 4.20. The summed E-state index contributed by atoms with van der Waals surface area (Å²) in [5.74, 6) is 0.0419. The van der Waals surface area contributed by atoms with Crippen molar-refractivity contribution in [3.63, 3.8) is 0 Å². The molecule has 2 aliphatic rings. The average Bonchev–Trinajstić information content (AvgIpc) is 2.63. The quantitative estimate of drug-likeness (QED) is 0.586. The number of amides is 1. The fourth-order valence-electron chi connectivity index (χ4n) is 1.82. The van der Waals surface area contributed by atoms with Crippen molar-refractivity contribution in [3.05, 3.63) is 35.0 Å². The Balaban J connectivity index is 2.24. The molecule has 0 atom stereocenters. The highest BCUT2D eigenvalue weighted by Gasteiger charge is 2.34. The lowest BCUT2D eigenvalue weighted by molar-refractivity contribution is -0.122. The molecule has 0 radical (unpaired) electrons. The van der Waals surface area contributed by atoms with Gasteiger partial charge in [-0.2, -0.15) is 0 Å². The van der Waals surface area contributed by atoms with Gasteiger partial charge in [0.05, 0.1) is 5.70 Å². The highest BCUT2D eigenvalue weighted by atomic mass is 32.2. The van der Waals surface area contributed by atoms with Crippen molar-refractivity contribution in [1.82, 2.24) is 9.80 Å². The Morgan fingerprint density at radius 1 is 1.39 bits per heavy atom. The highest BCUT2D eigenvalue weighted by Crippen LogP contribution is 2.35. The van der Waals surface area contributed by atoms with Crippen LogP contribution in [0.4, 0.5) is 0 Å². The largest absolute Gasteiger partial charge is 0.350 e. The van der Waals surface area contributed by atoms with Crippen LogP contribution in [0.5, 0.6) is 0 Å². The smallest absolute Gasteiger partial charge is 0.268 e. The molecule has 0 aromatic carbocycles. The first-order chi connectivity index (χ1) is 8.65. The van der Waals surface area contributed by atoms with E-state index in [0.29, 0.717) is 4.32 Å². The van der Waals surface area contributed by atoms with E-state index in [1.165, 1.54) is 11.8 Å². The van der Waals surface area contributed by atoms with E-state index in [1.54, 1.807) is 4.90 Å². The van der Waals surface area contributed by atoms with Crippen molar-refractivity contribution < 1.29 is 4.79 Å². The molecule has 0 aromatic heterocycles. The highest BCUT2D eigenvalue weighted by molar-refractivity contribution is 8.26. The van der Waals surface area contributed by atoms with Gasteiger partial charge in [-0.3, -0.25) is 9.69 Å². The number of nitrogens with zero attached hydrogens (tertiary/aromatic N) is 2. The number of allylic oxidation sites excluding steroid dienone is 3. The standard InChI is InChI=1S/C13H16N2OS2/c1-3-4-9-15-12(16)11(18-13(15)17)10-7-5-6-8-14(10)2/h5-8H,3-4,9H2,1-2H3/b11-10+. The summed E-state index contributed by atoms with van der Waals surface area (Å²) >= 11 is 6.69. The van der Waals surface area contributed by atoms with Crippen molar-refractivity contribution in [2.24, 2.45) is 0 Å². The van der Waals surface area contributed by atoms with Gasteiger partial charge < -0.3 is 4.90 Å². The van der Waals surface area contributed by atoms with E-state index >= 15 is 0 Å². The molecule has 0 spiro atoms. The summed E-state index contributed by atoms with van der Waals surface area (Å²) in [4.78, 5) is 16.7. The molecule has 0 saturated carbocycles. The number of thiocarbonyl (C=S) groups is 1. The summed E-state index contributed by atoms with van der Waals surface area (Å²) in [5.41, 5.74) is 0.925. The van der Waals surface area contributed by atoms with Gasteiger partial charge in [-0.15, -0.1) is 0 Å². The van der Waals surface area contributed by atoms with Crippen LogP contribution in [0, 0.1) is 0 Å². The Kier molecular flexibility index (Phi) is 4.24. The molecule has 1 fully saturated rings. The topological polar surface area (TPSA) is 23.6 Å². The van der Waals surface area contributed by atoms with Crippen LogP contribution in [0.15, 0.2) is 35.0 Å². The maximum atomic E-state index is 12.3. The molecule has 1 saturated heterocycles. The maximum absolute atomic E-state index is 12.3. The first-order valence-corrected chi connectivity index (χ1v) is 7.23. The van der Waals surface area contributed by atoms with Gasteiger partial charge in [0.1, 0.15) is 9.23 Å². The van der Waals surface area contributed by atoms with Crippen LogP contribution in [-0.2, 0) is 4.79 Å². The number of likely N-dealkylation sites (N-methyl/N-ethyl adjacent to an activating group) is 1. The lowest BCUT2D eigenvalue weighted by Gasteiger charge is -2.19. The van der Waals surface area contributed by atoms with E-state index in [-0.39, 0.29) is 5.91 Å². The summed E-state index contributed by atoms with van der Waals surface area (Å²) in [6.07, 6.45) is 9.82. The summed E-state index contributed by atoms with van der Waals surface area (Å²) in [6, 6.07) is 0. The van der Waals surface area contributed by atoms with Crippen LogP contribution in [0.25, 0.3) is 0 Å². The zero-order valence-corrected chi connectivity index (χ0v) is 12.2. The van der Waals surface area contributed by atoms with Crippen LogP contribution < -0.4 is 0 Å². The second-order valence-corrected chi connectivity index (χ2v) is 5.85. The minimum absolute atomic E-state index is 0.0419. The van der Waals surface area contributed by atoms with Gasteiger partial charge in [0, 0.05) is 19.8 Å². The van der Waals surface area contributed by atoms with Gasteiger partial charge in [-0.25, -0.2) is 0 Å². The minimum Gasteiger partial charge on any atom is -0.350 e. The van der Waals surface area contributed by atoms with Crippen molar-refractivity contribution >= 4 is 34.2 Å². The summed E-state index contributed by atoms with van der Waals surface area (Å²) in [7, 11) is 1.94. The second kappa shape index (κ2) is 5.71. The molecule has 5 heteroatoms. The van der Waals surface area contributed by atoms with Crippen LogP contribution >= 0.6 is 24.0 Å². The van der Waals surface area contributed by atoms with E-state index in [4.69, 9.17) is 12.2 Å². The first-order valence-electron chi connectivity index (χ1n) is 6.00. The fourth-order valence-corrected chi connectivity index (χ4v) is 3.22. The monoisotopic (exact) mass is 280 g/mol. The van der Waals surface area contributed by atoms with Gasteiger partial charge in [0.25, 0.3) is 5.91 Å². The molecular weight excluding hydrogens is 264 g/mol. The zero-order valence-electron chi connectivity index (χ0n) is 10.5. The average molecular weight is 280 g/mol. The predicted octanol–water partition coefficient (Wildman–Crippen LogP) is 2.87. The van der Waals surface area contributed by atoms with Gasteiger partial charge in [-0.1, -0.05) is 43.4 Å². The third-order valence-electron chi connectivity index (χ3n) is 2.87. The van der Waals surface area contributed by atoms with Gasteiger partial charge >= 0.3 is 0 Å². The van der Waals surface area contributed by atoms with E-state index in [0.717, 1.165) is 30.0 Å². The van der Waals surface area contributed by atoms with E-state index in [1.807, 2.05) is 36.4 Å². The SMILES string of the molecule is CCCCN1C(=O)/C(=C2/C=CC=CN2C)SC1=S. The van der Waals surface area contributed by atoms with Crippen LogP contribution in [0.2, 0.25) is 0 Å². The van der Waals surface area contributed by atoms with Gasteiger partial charge in [0.2, 0.25) is 0 Å². The molecule has 0 N–H and O–H groups in total. The third-order valence-corrected chi connectivity index (χ3v) is 4.33. The normalized spacial score (nSPS) is 23.4. The van der Waals surface area contributed by atoms with Crippen molar-refractivity contribution in [2.75, 3.05) is 13.6 Å². The molecule has 0 aliphatic carbocycles. The molecule has 2 rings (SSSR count). The third kappa shape index (κ3) is 2.52. The van der Waals surface area contributed by atoms with Crippen molar-refractivity contribution in [2.45, 2.75) is 19.8 Å². The Hall–Kier alpha value is -1.07. The van der Waals surface area contributed by atoms with E-state index < -0.39 is 0 Å². The number of unbranched alkanes of at least 4 members (excludes halogenated alkanes) is 1. The molecule has 0 unspecified atom stereocenters. The fraction of sp³-hybridized carbons (Fsp3) is 0.385. The number of carbonyl (C=O) groups is 1. The first kappa shape index (κ1) is 13.4. The van der Waals surface area contributed by atoms with Crippen LogP contribution in [0.1, 0.15) is 19.8 Å². The predicted molar refractivity (Wildman–Crippen MR) is 79.9 cm³/mol. The lowest BCUT2D eigenvalue weighted by atomic mass is 10.2. The van der Waals surface area contributed by atoms with Gasteiger partial charge in [-0.05, 0) is 18.6 Å². The molecule has 0 aromatic rings.